The standard InChI is InChI=1S/C11H17NO4S2/c1-7-6-17-10(5-13)11(7)18(14,15)12-8-3-9(4-8)16-2/h6,8-9,12-13H,3-5H2,1-2H3. The van der Waals surface area contributed by atoms with Crippen LogP contribution in [0.1, 0.15) is 23.3 Å². The van der Waals surface area contributed by atoms with Gasteiger partial charge in [-0.25, -0.2) is 13.1 Å². The molecule has 102 valence electrons. The van der Waals surface area contributed by atoms with Gasteiger partial charge in [0.1, 0.15) is 4.90 Å². The van der Waals surface area contributed by atoms with Crippen molar-refractivity contribution in [2.24, 2.45) is 0 Å². The number of aryl methyl sites for hydroxylation is 1. The Hall–Kier alpha value is -0.470. The lowest BCUT2D eigenvalue weighted by atomic mass is 9.90. The van der Waals surface area contributed by atoms with Gasteiger partial charge in [0.2, 0.25) is 10.0 Å². The maximum atomic E-state index is 12.2. The van der Waals surface area contributed by atoms with Crippen LogP contribution in [0.5, 0.6) is 0 Å². The molecule has 2 N–H and O–H groups in total. The Balaban J connectivity index is 2.14. The number of rotatable bonds is 5. The van der Waals surface area contributed by atoms with Crippen molar-refractivity contribution < 1.29 is 18.3 Å². The summed E-state index contributed by atoms with van der Waals surface area (Å²) in [4.78, 5) is 0.721. The van der Waals surface area contributed by atoms with Crippen molar-refractivity contribution in [3.05, 3.63) is 15.8 Å². The average Bonchev–Trinajstić information content (AvgIpc) is 2.65. The minimum atomic E-state index is -3.54. The molecule has 1 heterocycles. The van der Waals surface area contributed by atoms with E-state index >= 15 is 0 Å². The van der Waals surface area contributed by atoms with Crippen LogP contribution in [0.2, 0.25) is 0 Å². The van der Waals surface area contributed by atoms with Crippen molar-refractivity contribution in [3.63, 3.8) is 0 Å². The van der Waals surface area contributed by atoms with Crippen LogP contribution in [0.25, 0.3) is 0 Å². The van der Waals surface area contributed by atoms with Gasteiger partial charge in [0.15, 0.2) is 0 Å². The van der Waals surface area contributed by atoms with E-state index in [2.05, 4.69) is 4.72 Å². The van der Waals surface area contributed by atoms with E-state index in [-0.39, 0.29) is 23.6 Å². The molecular formula is C11H17NO4S2. The summed E-state index contributed by atoms with van der Waals surface area (Å²) in [6.07, 6.45) is 1.55. The molecule has 1 aliphatic rings. The van der Waals surface area contributed by atoms with E-state index in [1.54, 1.807) is 19.4 Å². The molecule has 1 saturated carbocycles. The van der Waals surface area contributed by atoms with Crippen molar-refractivity contribution in [3.8, 4) is 0 Å². The predicted molar refractivity (Wildman–Crippen MR) is 69.1 cm³/mol. The molecule has 0 aliphatic heterocycles. The van der Waals surface area contributed by atoms with Crippen LogP contribution in [-0.4, -0.2) is 32.8 Å². The molecule has 0 saturated heterocycles. The van der Waals surface area contributed by atoms with Gasteiger partial charge in [-0.05, 0) is 30.7 Å². The van der Waals surface area contributed by atoms with Gasteiger partial charge in [0.25, 0.3) is 0 Å². The summed E-state index contributed by atoms with van der Waals surface area (Å²) in [6.45, 7) is 1.49. The van der Waals surface area contributed by atoms with Crippen LogP contribution in [0, 0.1) is 6.92 Å². The van der Waals surface area contributed by atoms with Crippen molar-refractivity contribution in [2.75, 3.05) is 7.11 Å². The van der Waals surface area contributed by atoms with Crippen LogP contribution >= 0.6 is 11.3 Å². The summed E-state index contributed by atoms with van der Waals surface area (Å²) >= 11 is 1.27. The van der Waals surface area contributed by atoms with E-state index in [0.29, 0.717) is 23.3 Å². The van der Waals surface area contributed by atoms with Gasteiger partial charge in [-0.1, -0.05) is 0 Å². The summed E-state index contributed by atoms with van der Waals surface area (Å²) in [5.74, 6) is 0. The Kier molecular flexibility index (Phi) is 4.08. The van der Waals surface area contributed by atoms with Crippen LogP contribution in [0.3, 0.4) is 0 Å². The van der Waals surface area contributed by atoms with E-state index in [4.69, 9.17) is 4.74 Å². The number of nitrogens with one attached hydrogen (secondary N) is 1. The highest BCUT2D eigenvalue weighted by molar-refractivity contribution is 7.89. The highest BCUT2D eigenvalue weighted by atomic mass is 32.2. The Labute approximate surface area is 111 Å². The smallest absolute Gasteiger partial charge is 0.242 e. The zero-order valence-corrected chi connectivity index (χ0v) is 12.0. The maximum absolute atomic E-state index is 12.2. The molecule has 5 nitrogen and oxygen atoms in total. The topological polar surface area (TPSA) is 75.6 Å². The second-order valence-electron chi connectivity index (χ2n) is 4.48. The van der Waals surface area contributed by atoms with Crippen LogP contribution in [0.15, 0.2) is 10.3 Å². The third-order valence-corrected chi connectivity index (χ3v) is 6.12. The SMILES string of the molecule is COC1CC(NS(=O)(=O)c2c(C)csc2CO)C1. The molecule has 0 amide bonds. The zero-order valence-electron chi connectivity index (χ0n) is 10.3. The number of methoxy groups -OCH3 is 1. The Morgan fingerprint density at radius 1 is 1.56 bits per heavy atom. The number of thiophene rings is 1. The molecule has 2 rings (SSSR count). The molecule has 0 aromatic carbocycles. The molecular weight excluding hydrogens is 274 g/mol. The Morgan fingerprint density at radius 2 is 2.22 bits per heavy atom. The summed E-state index contributed by atoms with van der Waals surface area (Å²) in [5, 5.41) is 10.9. The zero-order chi connectivity index (χ0) is 13.3. The largest absolute Gasteiger partial charge is 0.391 e. The first-order chi connectivity index (χ1) is 8.47. The van der Waals surface area contributed by atoms with E-state index < -0.39 is 10.0 Å². The van der Waals surface area contributed by atoms with Gasteiger partial charge in [0, 0.05) is 13.2 Å². The van der Waals surface area contributed by atoms with E-state index in [1.807, 2.05) is 0 Å². The summed E-state index contributed by atoms with van der Waals surface area (Å²) < 4.78 is 32.3. The van der Waals surface area contributed by atoms with Gasteiger partial charge in [-0.15, -0.1) is 11.3 Å². The van der Waals surface area contributed by atoms with E-state index in [9.17, 15) is 13.5 Å². The van der Waals surface area contributed by atoms with Gasteiger partial charge in [-0.3, -0.25) is 0 Å². The molecule has 0 radical (unpaired) electrons. The first-order valence-electron chi connectivity index (χ1n) is 5.71. The number of aliphatic hydroxyl groups excluding tert-OH is 1. The lowest BCUT2D eigenvalue weighted by Crippen LogP contribution is -2.47. The second-order valence-corrected chi connectivity index (χ2v) is 7.09. The predicted octanol–water partition coefficient (Wildman–Crippen LogP) is 1.00. The molecule has 1 aliphatic carbocycles. The molecule has 1 fully saturated rings. The summed E-state index contributed by atoms with van der Waals surface area (Å²) in [6, 6.07) is -0.0641. The highest BCUT2D eigenvalue weighted by Gasteiger charge is 2.34. The first kappa shape index (κ1) is 14.0. The van der Waals surface area contributed by atoms with Crippen LogP contribution < -0.4 is 4.72 Å². The molecule has 18 heavy (non-hydrogen) atoms. The number of hydrogen-bond donors (Lipinski definition) is 2. The molecule has 0 bridgehead atoms. The van der Waals surface area contributed by atoms with Gasteiger partial charge < -0.3 is 9.84 Å². The molecule has 0 atom stereocenters. The highest BCUT2D eigenvalue weighted by Crippen LogP contribution is 2.29. The monoisotopic (exact) mass is 291 g/mol. The second kappa shape index (κ2) is 5.26. The fourth-order valence-corrected chi connectivity index (χ4v) is 5.01. The average molecular weight is 291 g/mol. The van der Waals surface area contributed by atoms with E-state index in [1.165, 1.54) is 11.3 Å². The van der Waals surface area contributed by atoms with Crippen LogP contribution in [0.4, 0.5) is 0 Å². The third kappa shape index (κ3) is 2.60. The third-order valence-electron chi connectivity index (χ3n) is 3.15. The maximum Gasteiger partial charge on any atom is 0.242 e. The molecule has 7 heteroatoms. The number of ether oxygens (including phenoxy) is 1. The van der Waals surface area contributed by atoms with Crippen molar-refractivity contribution >= 4 is 21.4 Å². The van der Waals surface area contributed by atoms with Gasteiger partial charge in [-0.2, -0.15) is 0 Å². The lowest BCUT2D eigenvalue weighted by molar-refractivity contribution is 0.0236. The number of hydrogen-bond acceptors (Lipinski definition) is 5. The van der Waals surface area contributed by atoms with E-state index in [0.717, 1.165) is 0 Å². The quantitative estimate of drug-likeness (QED) is 0.849. The molecule has 0 unspecified atom stereocenters. The molecule has 0 spiro atoms. The van der Waals surface area contributed by atoms with Crippen molar-refractivity contribution in [2.45, 2.75) is 43.4 Å². The van der Waals surface area contributed by atoms with Crippen LogP contribution in [-0.2, 0) is 21.4 Å². The minimum Gasteiger partial charge on any atom is -0.391 e. The Morgan fingerprint density at radius 3 is 2.78 bits per heavy atom. The number of aliphatic hydroxyl groups is 1. The number of sulfonamides is 1. The normalized spacial score (nSPS) is 23.9. The molecule has 1 aromatic rings. The fourth-order valence-electron chi connectivity index (χ4n) is 2.09. The summed E-state index contributed by atoms with van der Waals surface area (Å²) in [7, 11) is -1.91. The Bertz CT molecular complexity index is 517. The fraction of sp³-hybridized carbons (Fsp3) is 0.636. The van der Waals surface area contributed by atoms with Crippen molar-refractivity contribution in [1.82, 2.24) is 4.72 Å². The molecule has 1 aromatic heterocycles. The van der Waals surface area contributed by atoms with Gasteiger partial charge in [0.05, 0.1) is 17.6 Å². The summed E-state index contributed by atoms with van der Waals surface area (Å²) in [5.41, 5.74) is 0.680. The van der Waals surface area contributed by atoms with Gasteiger partial charge >= 0.3 is 0 Å². The lowest BCUT2D eigenvalue weighted by Gasteiger charge is -2.34. The minimum absolute atomic E-state index is 0.0641. The van der Waals surface area contributed by atoms with Crippen molar-refractivity contribution in [1.29, 1.82) is 0 Å². The first-order valence-corrected chi connectivity index (χ1v) is 8.07.